The predicted octanol–water partition coefficient (Wildman–Crippen LogP) is 16.0. The molecule has 66 heavy (non-hydrogen) atoms. The fraction of sp³-hybridized carbons (Fsp3) is 0.564. The van der Waals surface area contributed by atoms with Crippen molar-refractivity contribution in [3.63, 3.8) is 0 Å². The first-order valence-corrected chi connectivity index (χ1v) is 27.5. The summed E-state index contributed by atoms with van der Waals surface area (Å²) in [5, 5.41) is 0. The van der Waals surface area contributed by atoms with Gasteiger partial charge in [0.1, 0.15) is 23.0 Å². The standard InChI is InChI=1S/C29H39O4P.C26H37O4P.Zn/c1-20-15-22-19-23-16-21(2)18-25(29(4)13-9-6-10-14-29)27(23)33-34(30,31)32-26(22)24(17-20)28(3)11-7-5-8-12-28;1-8-10-19(5)22-14-17(3)12-20-16-21-13-18(4)15-23(26(6,7)11-9-2)25(21)30-31(27,28)29-24(20)22;/h15-18H,5-14,19H2,1-4H3,(H,30,31);12-15,19H,8-11,16H2,1-7H3,(H,27,28);. The number of hydrogen-bond donors (Lipinski definition) is 2. The molecule has 4 aromatic rings. The number of rotatable bonds is 8. The van der Waals surface area contributed by atoms with Crippen molar-refractivity contribution >= 4 is 15.6 Å². The number of phosphoric acid groups is 2. The van der Waals surface area contributed by atoms with E-state index in [2.05, 4.69) is 125 Å². The summed E-state index contributed by atoms with van der Waals surface area (Å²) in [7, 11) is -8.72. The van der Waals surface area contributed by atoms with Gasteiger partial charge in [0.25, 0.3) is 0 Å². The second-order valence-electron chi connectivity index (χ2n) is 21.5. The molecule has 4 aromatic carbocycles. The van der Waals surface area contributed by atoms with Crippen LogP contribution in [0.15, 0.2) is 48.5 Å². The number of phosphoric ester groups is 2. The molecule has 2 fully saturated rings. The molecule has 0 radical (unpaired) electrons. The molecule has 2 N–H and O–H groups in total. The van der Waals surface area contributed by atoms with Crippen LogP contribution in [0.2, 0.25) is 0 Å². The van der Waals surface area contributed by atoms with Gasteiger partial charge in [-0.2, -0.15) is 0 Å². The zero-order chi connectivity index (χ0) is 47.1. The Bertz CT molecular complexity index is 2410. The SMILES string of the molecule is CCCC(C)c1cc(C)cc2c1OP(=O)(O)Oc1c(cc(C)cc1C(C)(C)CCC)C2.Cc1cc2c(c(C3(C)CCCCC3)c1)OP(=O)(O)Oc1c(cc(C)cc1C1(C)CCCCC1)C2.[Zn]. The Morgan fingerprint density at radius 3 is 1.39 bits per heavy atom. The summed E-state index contributed by atoms with van der Waals surface area (Å²) in [4.78, 5) is 21.8. The Kier molecular flexibility index (Phi) is 16.4. The average molecular weight is 993 g/mol. The zero-order valence-electron chi connectivity index (χ0n) is 42.0. The first-order chi connectivity index (χ1) is 30.6. The summed E-state index contributed by atoms with van der Waals surface area (Å²) in [6.07, 6.45) is 16.7. The normalized spacial score (nSPS) is 20.9. The van der Waals surface area contributed by atoms with E-state index in [0.29, 0.717) is 35.8 Å². The zero-order valence-corrected chi connectivity index (χ0v) is 46.7. The maximum atomic E-state index is 13.5. The Morgan fingerprint density at radius 1 is 0.576 bits per heavy atom. The van der Waals surface area contributed by atoms with Crippen molar-refractivity contribution in [3.05, 3.63) is 115 Å². The van der Waals surface area contributed by atoms with Crippen molar-refractivity contribution in [2.45, 2.75) is 201 Å². The van der Waals surface area contributed by atoms with Crippen LogP contribution in [0.1, 0.15) is 211 Å². The number of hydrogen-bond acceptors (Lipinski definition) is 6. The molecule has 2 heterocycles. The molecule has 2 unspecified atom stereocenters. The van der Waals surface area contributed by atoms with Crippen molar-refractivity contribution in [1.82, 2.24) is 0 Å². The van der Waals surface area contributed by atoms with E-state index >= 15 is 0 Å². The largest absolute Gasteiger partial charge is 0.584 e. The molecule has 2 atom stereocenters. The number of fused-ring (bicyclic) bond motifs is 4. The van der Waals surface area contributed by atoms with Crippen LogP contribution in [-0.4, -0.2) is 9.79 Å². The summed E-state index contributed by atoms with van der Waals surface area (Å²) in [6.45, 7) is 23.7. The molecule has 356 valence electrons. The summed E-state index contributed by atoms with van der Waals surface area (Å²) in [5.41, 5.74) is 12.3. The van der Waals surface area contributed by atoms with E-state index in [0.717, 1.165) is 107 Å². The van der Waals surface area contributed by atoms with Crippen LogP contribution in [0.4, 0.5) is 0 Å². The first kappa shape index (κ1) is 52.5. The molecule has 2 aliphatic carbocycles. The minimum atomic E-state index is -4.37. The Labute approximate surface area is 409 Å². The van der Waals surface area contributed by atoms with Gasteiger partial charge in [-0.25, -0.2) is 9.13 Å². The van der Waals surface area contributed by atoms with E-state index in [1.807, 2.05) is 0 Å². The summed E-state index contributed by atoms with van der Waals surface area (Å²) < 4.78 is 50.2. The van der Waals surface area contributed by atoms with Crippen LogP contribution in [0.3, 0.4) is 0 Å². The van der Waals surface area contributed by atoms with Gasteiger partial charge in [0.2, 0.25) is 0 Å². The van der Waals surface area contributed by atoms with Crippen LogP contribution in [-0.2, 0) is 57.7 Å². The molecule has 0 amide bonds. The molecule has 2 saturated carbocycles. The quantitative estimate of drug-likeness (QED) is 0.133. The van der Waals surface area contributed by atoms with Crippen molar-refractivity contribution in [3.8, 4) is 23.0 Å². The topological polar surface area (TPSA) is 112 Å². The van der Waals surface area contributed by atoms with E-state index in [1.54, 1.807) is 0 Å². The predicted molar refractivity (Wildman–Crippen MR) is 265 cm³/mol. The maximum Gasteiger partial charge on any atom is 0.584 e. The third kappa shape index (κ3) is 11.6. The molecule has 2 aliphatic heterocycles. The van der Waals surface area contributed by atoms with Crippen LogP contribution in [0.25, 0.3) is 0 Å². The molecule has 0 saturated heterocycles. The van der Waals surface area contributed by atoms with Crippen molar-refractivity contribution in [2.75, 3.05) is 0 Å². The smallest absolute Gasteiger partial charge is 0.395 e. The van der Waals surface area contributed by atoms with Gasteiger partial charge in [-0.3, -0.25) is 9.79 Å². The Hall–Kier alpha value is -2.92. The molecule has 0 spiro atoms. The second-order valence-corrected chi connectivity index (χ2v) is 24.1. The summed E-state index contributed by atoms with van der Waals surface area (Å²) in [6, 6.07) is 16.9. The molecule has 4 aliphatic rings. The van der Waals surface area contributed by atoms with Crippen LogP contribution < -0.4 is 18.1 Å². The van der Waals surface area contributed by atoms with Gasteiger partial charge in [0.05, 0.1) is 0 Å². The molecule has 8 nitrogen and oxygen atoms in total. The van der Waals surface area contributed by atoms with Gasteiger partial charge >= 0.3 is 15.6 Å². The van der Waals surface area contributed by atoms with Gasteiger partial charge in [-0.05, 0) is 116 Å². The minimum absolute atomic E-state index is 0. The van der Waals surface area contributed by atoms with E-state index in [-0.39, 0.29) is 41.6 Å². The molecule has 11 heteroatoms. The maximum absolute atomic E-state index is 13.5. The first-order valence-electron chi connectivity index (χ1n) is 24.6. The van der Waals surface area contributed by atoms with E-state index < -0.39 is 15.6 Å². The van der Waals surface area contributed by atoms with E-state index in [9.17, 15) is 18.9 Å². The van der Waals surface area contributed by atoms with Gasteiger partial charge in [-0.15, -0.1) is 0 Å². The van der Waals surface area contributed by atoms with Gasteiger partial charge in [0.15, 0.2) is 0 Å². The van der Waals surface area contributed by atoms with Crippen LogP contribution >= 0.6 is 15.6 Å². The van der Waals surface area contributed by atoms with Crippen LogP contribution in [0, 0.1) is 27.7 Å². The fourth-order valence-electron chi connectivity index (χ4n) is 11.6. The van der Waals surface area contributed by atoms with E-state index in [1.165, 1.54) is 49.7 Å². The molecule has 0 aromatic heterocycles. The number of benzene rings is 4. The van der Waals surface area contributed by atoms with Gasteiger partial charge in [-0.1, -0.05) is 171 Å². The Morgan fingerprint density at radius 2 is 0.955 bits per heavy atom. The van der Waals surface area contributed by atoms with Crippen molar-refractivity contribution in [1.29, 1.82) is 0 Å². The molecule has 8 rings (SSSR count). The van der Waals surface area contributed by atoms with Crippen molar-refractivity contribution in [2.24, 2.45) is 0 Å². The molecular formula is C55H76O8P2Zn. The second kappa shape index (κ2) is 20.6. The minimum Gasteiger partial charge on any atom is -0.395 e. The number of aryl methyl sites for hydroxylation is 4. The third-order valence-electron chi connectivity index (χ3n) is 14.9. The summed E-state index contributed by atoms with van der Waals surface area (Å²) in [5.74, 6) is 2.38. The molecule has 0 bridgehead atoms. The fourth-order valence-corrected chi connectivity index (χ4v) is 13.5. The molecular weight excluding hydrogens is 916 g/mol. The van der Waals surface area contributed by atoms with Crippen LogP contribution in [0.5, 0.6) is 23.0 Å². The van der Waals surface area contributed by atoms with Gasteiger partial charge < -0.3 is 18.1 Å². The average Bonchev–Trinajstić information content (AvgIpc) is 3.21. The third-order valence-corrected chi connectivity index (χ3v) is 16.6. The Balaban J connectivity index is 0.000000216. The monoisotopic (exact) mass is 990 g/mol. The summed E-state index contributed by atoms with van der Waals surface area (Å²) >= 11 is 0. The van der Waals surface area contributed by atoms with E-state index in [4.69, 9.17) is 18.1 Å². The van der Waals surface area contributed by atoms with Gasteiger partial charge in [0, 0.05) is 49.0 Å². The van der Waals surface area contributed by atoms with Crippen molar-refractivity contribution < 1.29 is 56.5 Å².